The molecule has 0 heterocycles. The van der Waals surface area contributed by atoms with Crippen molar-refractivity contribution in [1.82, 2.24) is 5.32 Å². The van der Waals surface area contributed by atoms with Gasteiger partial charge < -0.3 is 10.1 Å². The minimum Gasteiger partial charge on any atom is -0.452 e. The zero-order valence-electron chi connectivity index (χ0n) is 16.0. The lowest BCUT2D eigenvalue weighted by molar-refractivity contribution is -0.125. The van der Waals surface area contributed by atoms with Crippen LogP contribution in [-0.2, 0) is 9.53 Å². The molecule has 0 unspecified atom stereocenters. The molecule has 28 heavy (non-hydrogen) atoms. The van der Waals surface area contributed by atoms with Gasteiger partial charge in [-0.15, -0.1) is 0 Å². The number of hydrogen-bond donors (Lipinski definition) is 1. The van der Waals surface area contributed by atoms with Crippen LogP contribution in [0.1, 0.15) is 36.7 Å². The van der Waals surface area contributed by atoms with Gasteiger partial charge in [-0.25, -0.2) is 4.79 Å². The third-order valence-corrected chi connectivity index (χ3v) is 4.61. The van der Waals surface area contributed by atoms with E-state index < -0.39 is 24.0 Å². The molecule has 0 aliphatic rings. The predicted molar refractivity (Wildman–Crippen MR) is 104 cm³/mol. The summed E-state index contributed by atoms with van der Waals surface area (Å²) < 4.78 is 5.15. The van der Waals surface area contributed by atoms with Crippen molar-refractivity contribution in [2.45, 2.75) is 26.3 Å². The largest absolute Gasteiger partial charge is 0.452 e. The van der Waals surface area contributed by atoms with E-state index in [0.717, 1.165) is 0 Å². The summed E-state index contributed by atoms with van der Waals surface area (Å²) in [7, 11) is 0. The molecule has 1 atom stereocenters. The zero-order chi connectivity index (χ0) is 20.7. The average Bonchev–Trinajstić information content (AvgIpc) is 2.71. The molecule has 0 spiro atoms. The molecule has 0 bridgehead atoms. The standard InChI is InChI=1S/C22H21N3O3/c1-15(2)22(3,14-24)25-20(26)13-28-21(27)19-11-7-6-10-18(19)17-9-5-4-8-16(17)12-23/h4-11,15H,13H2,1-3H3,(H,25,26)/t22-/m0/s1. The van der Waals surface area contributed by atoms with Crippen molar-refractivity contribution in [1.29, 1.82) is 10.5 Å². The van der Waals surface area contributed by atoms with Crippen LogP contribution >= 0.6 is 0 Å². The minimum absolute atomic E-state index is 0.111. The van der Waals surface area contributed by atoms with Crippen molar-refractivity contribution in [2.75, 3.05) is 6.61 Å². The summed E-state index contributed by atoms with van der Waals surface area (Å²) in [4.78, 5) is 24.7. The number of nitrogens with one attached hydrogen (secondary N) is 1. The van der Waals surface area contributed by atoms with E-state index in [9.17, 15) is 20.1 Å². The SMILES string of the molecule is CC(C)[C@](C)(C#N)NC(=O)COC(=O)c1ccccc1-c1ccccc1C#N. The van der Waals surface area contributed by atoms with E-state index in [0.29, 0.717) is 16.7 Å². The average molecular weight is 375 g/mol. The number of rotatable bonds is 6. The van der Waals surface area contributed by atoms with E-state index in [2.05, 4.69) is 17.5 Å². The number of hydrogen-bond acceptors (Lipinski definition) is 5. The first kappa shape index (κ1) is 20.7. The molecule has 0 saturated carbocycles. The molecule has 0 aliphatic carbocycles. The second-order valence-corrected chi connectivity index (χ2v) is 6.80. The molecule has 0 fully saturated rings. The maximum Gasteiger partial charge on any atom is 0.339 e. The van der Waals surface area contributed by atoms with Gasteiger partial charge in [-0.05, 0) is 30.5 Å². The first-order chi connectivity index (χ1) is 13.3. The molecule has 0 radical (unpaired) electrons. The summed E-state index contributed by atoms with van der Waals surface area (Å²) in [6.07, 6.45) is 0. The van der Waals surface area contributed by atoms with Crippen LogP contribution in [0, 0.1) is 28.6 Å². The molecule has 0 aliphatic heterocycles. The van der Waals surface area contributed by atoms with Crippen LogP contribution in [-0.4, -0.2) is 24.0 Å². The Balaban J connectivity index is 2.18. The number of benzene rings is 2. The van der Waals surface area contributed by atoms with E-state index >= 15 is 0 Å². The third-order valence-electron chi connectivity index (χ3n) is 4.61. The number of nitriles is 2. The molecule has 2 aromatic carbocycles. The second-order valence-electron chi connectivity index (χ2n) is 6.80. The monoisotopic (exact) mass is 375 g/mol. The molecule has 142 valence electrons. The van der Waals surface area contributed by atoms with Crippen LogP contribution in [0.5, 0.6) is 0 Å². The van der Waals surface area contributed by atoms with Crippen LogP contribution in [0.3, 0.4) is 0 Å². The highest BCUT2D eigenvalue weighted by molar-refractivity contribution is 5.99. The van der Waals surface area contributed by atoms with E-state index in [4.69, 9.17) is 4.74 Å². The number of esters is 1. The van der Waals surface area contributed by atoms with E-state index in [-0.39, 0.29) is 11.5 Å². The molecule has 2 aromatic rings. The van der Waals surface area contributed by atoms with Gasteiger partial charge in [0.25, 0.3) is 5.91 Å². The third kappa shape index (κ3) is 4.55. The Hall–Kier alpha value is -3.64. The number of carbonyl (C=O) groups excluding carboxylic acids is 2. The van der Waals surface area contributed by atoms with Crippen molar-refractivity contribution in [3.63, 3.8) is 0 Å². The fraction of sp³-hybridized carbons (Fsp3) is 0.273. The number of carbonyl (C=O) groups is 2. The molecule has 1 amide bonds. The first-order valence-electron chi connectivity index (χ1n) is 8.80. The molecule has 1 N–H and O–H groups in total. The summed E-state index contributed by atoms with van der Waals surface area (Å²) in [5.74, 6) is -1.34. The molecular weight excluding hydrogens is 354 g/mol. The van der Waals surface area contributed by atoms with Gasteiger partial charge in [0.1, 0.15) is 5.54 Å². The van der Waals surface area contributed by atoms with E-state index in [1.54, 1.807) is 55.5 Å². The van der Waals surface area contributed by atoms with Crippen LogP contribution in [0.15, 0.2) is 48.5 Å². The molecular formula is C22H21N3O3. The number of nitrogens with zero attached hydrogens (tertiary/aromatic N) is 2. The van der Waals surface area contributed by atoms with E-state index in [1.807, 2.05) is 13.8 Å². The molecule has 2 rings (SSSR count). The Morgan fingerprint density at radius 1 is 1.07 bits per heavy atom. The summed E-state index contributed by atoms with van der Waals surface area (Å²) in [5, 5.41) is 21.2. The van der Waals surface area contributed by atoms with Crippen molar-refractivity contribution in [2.24, 2.45) is 5.92 Å². The Morgan fingerprint density at radius 2 is 1.68 bits per heavy atom. The minimum atomic E-state index is -1.05. The lowest BCUT2D eigenvalue weighted by Gasteiger charge is -2.27. The fourth-order valence-electron chi connectivity index (χ4n) is 2.55. The Bertz CT molecular complexity index is 969. The maximum atomic E-state index is 12.6. The summed E-state index contributed by atoms with van der Waals surface area (Å²) >= 11 is 0. The van der Waals surface area contributed by atoms with Crippen LogP contribution in [0.4, 0.5) is 0 Å². The Kier molecular flexibility index (Phi) is 6.52. The van der Waals surface area contributed by atoms with Crippen LogP contribution < -0.4 is 5.32 Å². The van der Waals surface area contributed by atoms with Gasteiger partial charge >= 0.3 is 5.97 Å². The van der Waals surface area contributed by atoms with Crippen LogP contribution in [0.2, 0.25) is 0 Å². The highest BCUT2D eigenvalue weighted by Gasteiger charge is 2.30. The molecule has 0 saturated heterocycles. The smallest absolute Gasteiger partial charge is 0.339 e. The maximum absolute atomic E-state index is 12.6. The summed E-state index contributed by atoms with van der Waals surface area (Å²) in [5.41, 5.74) is 0.799. The lowest BCUT2D eigenvalue weighted by Crippen LogP contribution is -2.50. The van der Waals surface area contributed by atoms with Crippen molar-refractivity contribution < 1.29 is 14.3 Å². The number of amides is 1. The zero-order valence-corrected chi connectivity index (χ0v) is 16.0. The fourth-order valence-corrected chi connectivity index (χ4v) is 2.55. The number of ether oxygens (including phenoxy) is 1. The normalized spacial score (nSPS) is 12.4. The second kappa shape index (κ2) is 8.83. The van der Waals surface area contributed by atoms with Gasteiger partial charge in [-0.3, -0.25) is 4.79 Å². The topological polar surface area (TPSA) is 103 Å². The van der Waals surface area contributed by atoms with Crippen molar-refractivity contribution in [3.05, 3.63) is 59.7 Å². The van der Waals surface area contributed by atoms with Crippen molar-refractivity contribution >= 4 is 11.9 Å². The lowest BCUT2D eigenvalue weighted by atomic mass is 9.90. The highest BCUT2D eigenvalue weighted by atomic mass is 16.5. The van der Waals surface area contributed by atoms with Gasteiger partial charge in [0.2, 0.25) is 0 Å². The quantitative estimate of drug-likeness (QED) is 0.779. The van der Waals surface area contributed by atoms with Gasteiger partial charge in [0.15, 0.2) is 6.61 Å². The van der Waals surface area contributed by atoms with Gasteiger partial charge in [0, 0.05) is 5.56 Å². The summed E-state index contributed by atoms with van der Waals surface area (Å²) in [6.45, 7) is 4.75. The first-order valence-corrected chi connectivity index (χ1v) is 8.80. The van der Waals surface area contributed by atoms with Gasteiger partial charge in [-0.2, -0.15) is 10.5 Å². The van der Waals surface area contributed by atoms with Gasteiger partial charge in [-0.1, -0.05) is 50.2 Å². The molecule has 6 heteroatoms. The van der Waals surface area contributed by atoms with E-state index in [1.165, 1.54) is 0 Å². The van der Waals surface area contributed by atoms with Crippen LogP contribution in [0.25, 0.3) is 11.1 Å². The Morgan fingerprint density at radius 3 is 2.29 bits per heavy atom. The molecule has 0 aromatic heterocycles. The summed E-state index contributed by atoms with van der Waals surface area (Å²) in [6, 6.07) is 17.9. The van der Waals surface area contributed by atoms with Gasteiger partial charge in [0.05, 0.1) is 23.3 Å². The molecule has 6 nitrogen and oxygen atoms in total. The van der Waals surface area contributed by atoms with Crippen molar-refractivity contribution in [3.8, 4) is 23.3 Å². The predicted octanol–water partition coefficient (Wildman–Crippen LogP) is 3.44. The highest BCUT2D eigenvalue weighted by Crippen LogP contribution is 2.27. The Labute approximate surface area is 164 Å².